The van der Waals surface area contributed by atoms with Gasteiger partial charge in [-0.1, -0.05) is 86.3 Å². The Bertz CT molecular complexity index is 986. The molecular weight excluding hydrogens is 494 g/mol. The Morgan fingerprint density at radius 2 is 1.26 bits per heavy atom. The molecule has 2 aliphatic carbocycles. The molecule has 38 heavy (non-hydrogen) atoms. The van der Waals surface area contributed by atoms with Crippen molar-refractivity contribution in [1.82, 2.24) is 4.90 Å². The van der Waals surface area contributed by atoms with E-state index in [4.69, 9.17) is 9.47 Å². The zero-order valence-electron chi connectivity index (χ0n) is 22.8. The average Bonchev–Trinajstić information content (AvgIpc) is 3.71. The van der Waals surface area contributed by atoms with Crippen molar-refractivity contribution in [1.29, 1.82) is 0 Å². The number of hydrogen-bond acceptors (Lipinski definition) is 4. The van der Waals surface area contributed by atoms with Gasteiger partial charge < -0.3 is 19.5 Å². The Morgan fingerprint density at radius 1 is 0.711 bits per heavy atom. The first kappa shape index (κ1) is 28.1. The van der Waals surface area contributed by atoms with Crippen molar-refractivity contribution in [2.45, 2.75) is 81.5 Å². The predicted octanol–water partition coefficient (Wildman–Crippen LogP) is 6.70. The van der Waals surface area contributed by atoms with Crippen LogP contribution in [0.1, 0.15) is 75.3 Å². The summed E-state index contributed by atoms with van der Waals surface area (Å²) >= 11 is 0. The minimum atomic E-state index is -0.980. The van der Waals surface area contributed by atoms with E-state index < -0.39 is 11.2 Å². The van der Waals surface area contributed by atoms with Gasteiger partial charge in [-0.2, -0.15) is 0 Å². The molecule has 208 valence electrons. The van der Waals surface area contributed by atoms with E-state index in [9.17, 15) is 5.11 Å². The number of halogens is 1. The van der Waals surface area contributed by atoms with Crippen LogP contribution in [0.3, 0.4) is 0 Å². The van der Waals surface area contributed by atoms with Crippen LogP contribution in [0, 0.1) is 17.8 Å². The Balaban J connectivity index is 0.00000294. The number of hydrogen-bond donors (Lipinski definition) is 1. The van der Waals surface area contributed by atoms with Gasteiger partial charge in [-0.15, -0.1) is 12.4 Å². The van der Waals surface area contributed by atoms with Crippen molar-refractivity contribution in [3.63, 3.8) is 0 Å². The lowest BCUT2D eigenvalue weighted by atomic mass is 9.78. The van der Waals surface area contributed by atoms with Gasteiger partial charge in [-0.25, -0.2) is 0 Å². The normalized spacial score (nSPS) is 29.0. The second-order valence-electron chi connectivity index (χ2n) is 12.3. The summed E-state index contributed by atoms with van der Waals surface area (Å²) < 4.78 is 14.1. The lowest BCUT2D eigenvalue weighted by molar-refractivity contribution is -0.205. The van der Waals surface area contributed by atoms with Gasteiger partial charge in [0.2, 0.25) is 0 Å². The van der Waals surface area contributed by atoms with Gasteiger partial charge in [0.05, 0.1) is 19.3 Å². The fourth-order valence-corrected chi connectivity index (χ4v) is 7.93. The highest BCUT2D eigenvalue weighted by molar-refractivity contribution is 5.85. The van der Waals surface area contributed by atoms with Crippen molar-refractivity contribution in [3.8, 4) is 0 Å². The summed E-state index contributed by atoms with van der Waals surface area (Å²) in [4.78, 5) is 2.57. The van der Waals surface area contributed by atoms with Crippen LogP contribution >= 0.6 is 12.4 Å². The third-order valence-electron chi connectivity index (χ3n) is 10.2. The SMILES string of the molecule is Cl.OC(COC(COC1CN2CCC1CC2)(c1ccccc1)C1CCCC1)(c1ccccc1)C1CCCC1. The van der Waals surface area contributed by atoms with Gasteiger partial charge in [-0.05, 0) is 80.5 Å². The summed E-state index contributed by atoms with van der Waals surface area (Å²) in [6.45, 7) is 4.39. The summed E-state index contributed by atoms with van der Waals surface area (Å²) in [6, 6.07) is 21.1. The van der Waals surface area contributed by atoms with E-state index >= 15 is 0 Å². The fraction of sp³-hybridized carbons (Fsp3) is 0.636. The smallest absolute Gasteiger partial charge is 0.119 e. The monoisotopic (exact) mass is 539 g/mol. The molecule has 5 aliphatic rings. The Labute approximate surface area is 235 Å². The van der Waals surface area contributed by atoms with Gasteiger partial charge >= 0.3 is 0 Å². The van der Waals surface area contributed by atoms with Gasteiger partial charge in [0.25, 0.3) is 0 Å². The molecule has 2 aromatic rings. The van der Waals surface area contributed by atoms with E-state index in [1.165, 1.54) is 57.2 Å². The maximum atomic E-state index is 12.4. The molecule has 3 saturated heterocycles. The molecule has 2 bridgehead atoms. The third kappa shape index (κ3) is 5.58. The van der Waals surface area contributed by atoms with E-state index in [0.717, 1.165) is 37.8 Å². The Morgan fingerprint density at radius 3 is 1.82 bits per heavy atom. The standard InChI is InChI=1S/C33H45NO3.ClH/c35-32(28-13-7-8-14-28,27-11-3-1-4-12-27)24-37-33(30-17-9-10-18-30,29-15-5-2-6-16-29)25-36-31-23-34-21-19-26(31)20-22-34;/h1-6,11-12,15-16,26,28,30-31,35H,7-10,13-14,17-25H2;1H. The molecule has 3 unspecified atom stereocenters. The lowest BCUT2D eigenvalue weighted by Crippen LogP contribution is -2.53. The maximum Gasteiger partial charge on any atom is 0.119 e. The Kier molecular flexibility index (Phi) is 9.17. The second kappa shape index (κ2) is 12.4. The van der Waals surface area contributed by atoms with Gasteiger partial charge in [0, 0.05) is 6.54 Å². The zero-order chi connectivity index (χ0) is 25.1. The Hall–Kier alpha value is -1.43. The average molecular weight is 540 g/mol. The molecule has 3 aliphatic heterocycles. The zero-order valence-corrected chi connectivity index (χ0v) is 23.6. The molecule has 0 spiro atoms. The number of benzene rings is 2. The van der Waals surface area contributed by atoms with Crippen LogP contribution in [0.4, 0.5) is 0 Å². The van der Waals surface area contributed by atoms with Crippen molar-refractivity contribution >= 4 is 12.4 Å². The van der Waals surface area contributed by atoms with E-state index in [2.05, 4.69) is 47.4 Å². The van der Waals surface area contributed by atoms with Crippen molar-refractivity contribution in [2.75, 3.05) is 32.8 Å². The summed E-state index contributed by atoms with van der Waals surface area (Å²) in [5.41, 5.74) is 0.690. The van der Waals surface area contributed by atoms with Crippen molar-refractivity contribution in [3.05, 3.63) is 71.8 Å². The molecule has 3 atom stereocenters. The van der Waals surface area contributed by atoms with Crippen molar-refractivity contribution < 1.29 is 14.6 Å². The maximum absolute atomic E-state index is 12.4. The highest BCUT2D eigenvalue weighted by Crippen LogP contribution is 2.47. The molecule has 0 aromatic heterocycles. The largest absolute Gasteiger partial charge is 0.382 e. The van der Waals surface area contributed by atoms with Crippen LogP contribution < -0.4 is 0 Å². The molecular formula is C33H46ClNO3. The first-order valence-electron chi connectivity index (χ1n) is 15.0. The van der Waals surface area contributed by atoms with Gasteiger partial charge in [0.1, 0.15) is 11.2 Å². The number of rotatable bonds is 10. The minimum absolute atomic E-state index is 0. The van der Waals surface area contributed by atoms with Crippen LogP contribution in [0.25, 0.3) is 0 Å². The van der Waals surface area contributed by atoms with Gasteiger partial charge in [0.15, 0.2) is 0 Å². The summed E-state index contributed by atoms with van der Waals surface area (Å²) in [7, 11) is 0. The second-order valence-corrected chi connectivity index (χ2v) is 12.3. The van der Waals surface area contributed by atoms with Crippen LogP contribution in [0.5, 0.6) is 0 Å². The van der Waals surface area contributed by atoms with Crippen LogP contribution in [0.15, 0.2) is 60.7 Å². The van der Waals surface area contributed by atoms with E-state index in [1.54, 1.807) is 0 Å². The molecule has 4 nitrogen and oxygen atoms in total. The molecule has 3 heterocycles. The highest BCUT2D eigenvalue weighted by atomic mass is 35.5. The molecule has 2 saturated carbocycles. The first-order chi connectivity index (χ1) is 18.2. The molecule has 0 radical (unpaired) electrons. The summed E-state index contributed by atoms with van der Waals surface area (Å²) in [6.07, 6.45) is 12.1. The number of piperidine rings is 3. The van der Waals surface area contributed by atoms with E-state index in [1.807, 2.05) is 18.2 Å². The summed E-state index contributed by atoms with van der Waals surface area (Å²) in [5, 5.41) is 12.4. The van der Waals surface area contributed by atoms with E-state index in [0.29, 0.717) is 31.2 Å². The van der Waals surface area contributed by atoms with Gasteiger partial charge in [-0.3, -0.25) is 0 Å². The van der Waals surface area contributed by atoms with Crippen molar-refractivity contribution in [2.24, 2.45) is 17.8 Å². The van der Waals surface area contributed by atoms with E-state index in [-0.39, 0.29) is 18.3 Å². The number of fused-ring (bicyclic) bond motifs is 3. The third-order valence-corrected chi connectivity index (χ3v) is 10.2. The summed E-state index contributed by atoms with van der Waals surface area (Å²) in [5.74, 6) is 1.30. The topological polar surface area (TPSA) is 41.9 Å². The molecule has 1 N–H and O–H groups in total. The molecule has 7 rings (SSSR count). The quantitative estimate of drug-likeness (QED) is 0.365. The minimum Gasteiger partial charge on any atom is -0.382 e. The highest BCUT2D eigenvalue weighted by Gasteiger charge is 2.48. The fourth-order valence-electron chi connectivity index (χ4n) is 7.93. The number of nitrogens with zero attached hydrogens (tertiary/aromatic N) is 1. The first-order valence-corrected chi connectivity index (χ1v) is 15.0. The lowest BCUT2D eigenvalue weighted by Gasteiger charge is -2.47. The molecule has 5 fully saturated rings. The number of aliphatic hydroxyl groups is 1. The predicted molar refractivity (Wildman–Crippen MR) is 154 cm³/mol. The number of ether oxygens (including phenoxy) is 2. The molecule has 0 amide bonds. The van der Waals surface area contributed by atoms with Crippen LogP contribution in [-0.2, 0) is 20.7 Å². The molecule has 5 heteroatoms. The molecule has 2 aromatic carbocycles. The van der Waals surface area contributed by atoms with Crippen LogP contribution in [-0.4, -0.2) is 49.0 Å². The van der Waals surface area contributed by atoms with Crippen LogP contribution in [0.2, 0.25) is 0 Å².